The first kappa shape index (κ1) is 30.9. The number of carbonyl (C=O) groups is 2. The fourth-order valence-corrected chi connectivity index (χ4v) is 4.24. The summed E-state index contributed by atoms with van der Waals surface area (Å²) in [6, 6.07) is 8.49. The molecule has 1 atom stereocenters. The summed E-state index contributed by atoms with van der Waals surface area (Å²) in [5.41, 5.74) is 2.54. The molecule has 0 aliphatic rings. The summed E-state index contributed by atoms with van der Waals surface area (Å²) in [4.78, 5) is 41.0. The average Bonchev–Trinajstić information content (AvgIpc) is 2.81. The van der Waals surface area contributed by atoms with E-state index in [-0.39, 0.29) is 17.3 Å². The van der Waals surface area contributed by atoms with E-state index in [4.69, 9.17) is 9.15 Å². The van der Waals surface area contributed by atoms with Crippen LogP contribution < -0.4 is 10.7 Å². The lowest BCUT2D eigenvalue weighted by atomic mass is 9.92. The van der Waals surface area contributed by atoms with Crippen LogP contribution in [0.4, 0.5) is 4.79 Å². The topological polar surface area (TPSA) is 88.8 Å². The number of hydrogen-bond acceptors (Lipinski definition) is 5. The third-order valence-corrected chi connectivity index (χ3v) is 6.19. The molecule has 7 heteroatoms. The lowest BCUT2D eigenvalue weighted by molar-refractivity contribution is 0.0516. The van der Waals surface area contributed by atoms with Crippen molar-refractivity contribution in [1.82, 2.24) is 10.2 Å². The summed E-state index contributed by atoms with van der Waals surface area (Å²) in [5.74, 6) is 0.829. The van der Waals surface area contributed by atoms with Crippen LogP contribution in [0, 0.1) is 19.8 Å². The molecule has 0 aliphatic heterocycles. The highest BCUT2D eigenvalue weighted by molar-refractivity contribution is 5.94. The Morgan fingerprint density at radius 1 is 1.13 bits per heavy atom. The van der Waals surface area contributed by atoms with E-state index >= 15 is 0 Å². The first-order chi connectivity index (χ1) is 17.7. The maximum Gasteiger partial charge on any atom is 0.407 e. The van der Waals surface area contributed by atoms with Crippen LogP contribution in [-0.2, 0) is 11.2 Å². The fourth-order valence-electron chi connectivity index (χ4n) is 4.24. The maximum absolute atomic E-state index is 13.9. The van der Waals surface area contributed by atoms with Gasteiger partial charge in [-0.1, -0.05) is 43.2 Å². The minimum absolute atomic E-state index is 0.0437. The predicted molar refractivity (Wildman–Crippen MR) is 151 cm³/mol. The number of alkyl carbamates (subject to hydrolysis) is 1. The van der Waals surface area contributed by atoms with Crippen molar-refractivity contribution in [2.45, 2.75) is 86.8 Å². The molecule has 7 nitrogen and oxygen atoms in total. The Balaban J connectivity index is 2.49. The monoisotopic (exact) mass is 524 g/mol. The van der Waals surface area contributed by atoms with Crippen LogP contribution in [0.2, 0.25) is 0 Å². The molecule has 0 fully saturated rings. The molecule has 0 aliphatic carbocycles. The summed E-state index contributed by atoms with van der Waals surface area (Å²) in [6.45, 7) is 17.8. The van der Waals surface area contributed by atoms with E-state index in [0.717, 1.165) is 11.1 Å². The van der Waals surface area contributed by atoms with Gasteiger partial charge in [0.25, 0.3) is 5.91 Å². The minimum Gasteiger partial charge on any atom is -0.464 e. The zero-order valence-electron chi connectivity index (χ0n) is 24.4. The third kappa shape index (κ3) is 8.89. The molecule has 2 amide bonds. The Bertz CT molecular complexity index is 1190. The molecular weight excluding hydrogens is 480 g/mol. The van der Waals surface area contributed by atoms with Crippen LogP contribution in [0.5, 0.6) is 0 Å². The van der Waals surface area contributed by atoms with Crippen LogP contribution in [0.1, 0.15) is 93.9 Å². The van der Waals surface area contributed by atoms with E-state index in [9.17, 15) is 14.4 Å². The van der Waals surface area contributed by atoms with Gasteiger partial charge in [0.05, 0.1) is 6.04 Å². The van der Waals surface area contributed by atoms with Crippen LogP contribution >= 0.6 is 0 Å². The number of allylic oxidation sites excluding steroid dienone is 2. The summed E-state index contributed by atoms with van der Waals surface area (Å²) in [5, 5.41) is 2.77. The quantitative estimate of drug-likeness (QED) is 0.282. The molecular formula is C31H44N2O5. The van der Waals surface area contributed by atoms with Gasteiger partial charge in [0, 0.05) is 36.7 Å². The van der Waals surface area contributed by atoms with Crippen LogP contribution in [0.3, 0.4) is 0 Å². The maximum atomic E-state index is 13.9. The Morgan fingerprint density at radius 3 is 2.32 bits per heavy atom. The molecule has 1 aromatic carbocycles. The van der Waals surface area contributed by atoms with E-state index in [1.54, 1.807) is 11.8 Å². The Labute approximate surface area is 227 Å². The molecule has 38 heavy (non-hydrogen) atoms. The van der Waals surface area contributed by atoms with E-state index in [1.807, 2.05) is 85.7 Å². The van der Waals surface area contributed by atoms with Gasteiger partial charge in [-0.05, 0) is 72.9 Å². The molecule has 1 aromatic heterocycles. The van der Waals surface area contributed by atoms with Crippen LogP contribution in [0.25, 0.3) is 0 Å². The third-order valence-electron chi connectivity index (χ3n) is 6.19. The first-order valence-corrected chi connectivity index (χ1v) is 13.3. The summed E-state index contributed by atoms with van der Waals surface area (Å²) in [7, 11) is 0. The van der Waals surface area contributed by atoms with E-state index in [1.165, 1.54) is 6.07 Å². The zero-order chi connectivity index (χ0) is 28.6. The summed E-state index contributed by atoms with van der Waals surface area (Å²) in [6.07, 6.45) is 2.43. The normalized spacial score (nSPS) is 12.8. The number of rotatable bonds is 10. The Morgan fingerprint density at radius 2 is 1.76 bits per heavy atom. The molecule has 208 valence electrons. The van der Waals surface area contributed by atoms with E-state index < -0.39 is 17.7 Å². The van der Waals surface area contributed by atoms with Gasteiger partial charge in [-0.3, -0.25) is 9.59 Å². The molecule has 2 aromatic rings. The van der Waals surface area contributed by atoms with Crippen molar-refractivity contribution in [3.8, 4) is 0 Å². The van der Waals surface area contributed by atoms with Crippen molar-refractivity contribution in [3.63, 3.8) is 0 Å². The fraction of sp³-hybridized carbons (Fsp3) is 0.516. The number of carbonyl (C=O) groups excluding carboxylic acids is 2. The summed E-state index contributed by atoms with van der Waals surface area (Å²) >= 11 is 0. The van der Waals surface area contributed by atoms with Crippen molar-refractivity contribution in [2.75, 3.05) is 13.1 Å². The number of nitrogens with zero attached hydrogens (tertiary/aromatic N) is 1. The molecule has 0 spiro atoms. The molecule has 1 heterocycles. The number of nitrogens with one attached hydrogen (secondary N) is 1. The van der Waals surface area contributed by atoms with Gasteiger partial charge in [-0.2, -0.15) is 0 Å². The second kappa shape index (κ2) is 13.4. The smallest absolute Gasteiger partial charge is 0.407 e. The lowest BCUT2D eigenvalue weighted by Gasteiger charge is -2.35. The van der Waals surface area contributed by atoms with Crippen molar-refractivity contribution < 1.29 is 18.7 Å². The molecule has 0 saturated heterocycles. The highest BCUT2D eigenvalue weighted by Gasteiger charge is 2.33. The van der Waals surface area contributed by atoms with Gasteiger partial charge in [0.1, 0.15) is 17.1 Å². The number of aryl methyl sites for hydroxylation is 2. The van der Waals surface area contributed by atoms with Crippen molar-refractivity contribution in [3.05, 3.63) is 80.4 Å². The Kier molecular flexibility index (Phi) is 10.9. The van der Waals surface area contributed by atoms with Crippen molar-refractivity contribution in [2.24, 2.45) is 5.92 Å². The second-order valence-corrected chi connectivity index (χ2v) is 11.2. The van der Waals surface area contributed by atoms with Crippen molar-refractivity contribution >= 4 is 12.0 Å². The van der Waals surface area contributed by atoms with Gasteiger partial charge >= 0.3 is 6.09 Å². The standard InChI is InChI=1S/C31H44N2O5/c1-10-21(4)18-25-26(34)19-23(6)37-28(25)27(20(2)3)33(29(35)24-14-12-22(5)13-15-24)17-11-16-32-30(36)38-31(7,8)9/h10,12-15,19-20,27H,11,16-18H2,1-9H3,(H,32,36)/b21-10+. The number of benzene rings is 1. The van der Waals surface area contributed by atoms with Gasteiger partial charge in [-0.25, -0.2) is 4.79 Å². The molecule has 1 unspecified atom stereocenters. The first-order valence-electron chi connectivity index (χ1n) is 13.3. The minimum atomic E-state index is -0.593. The van der Waals surface area contributed by atoms with Gasteiger partial charge in [0.2, 0.25) is 0 Å². The zero-order valence-corrected chi connectivity index (χ0v) is 24.4. The lowest BCUT2D eigenvalue weighted by Crippen LogP contribution is -2.41. The van der Waals surface area contributed by atoms with Gasteiger partial charge < -0.3 is 19.4 Å². The second-order valence-electron chi connectivity index (χ2n) is 11.2. The number of amides is 2. The van der Waals surface area contributed by atoms with Gasteiger partial charge in [-0.15, -0.1) is 0 Å². The van der Waals surface area contributed by atoms with Crippen LogP contribution in [0.15, 0.2) is 51.2 Å². The number of ether oxygens (including phenoxy) is 1. The Hall–Kier alpha value is -3.35. The highest BCUT2D eigenvalue weighted by atomic mass is 16.6. The largest absolute Gasteiger partial charge is 0.464 e. The average molecular weight is 525 g/mol. The number of hydrogen-bond donors (Lipinski definition) is 1. The van der Waals surface area contributed by atoms with Crippen molar-refractivity contribution in [1.29, 1.82) is 0 Å². The molecule has 0 radical (unpaired) electrons. The highest BCUT2D eigenvalue weighted by Crippen LogP contribution is 2.33. The molecule has 0 saturated carbocycles. The SMILES string of the molecule is C/C=C(\C)Cc1c(C(C(C)C)N(CCCNC(=O)OC(C)(C)C)C(=O)c2ccc(C)cc2)oc(C)cc1=O. The molecule has 0 bridgehead atoms. The molecule has 1 N–H and O–H groups in total. The van der Waals surface area contributed by atoms with Gasteiger partial charge in [0.15, 0.2) is 5.43 Å². The summed E-state index contributed by atoms with van der Waals surface area (Å²) < 4.78 is 11.6. The van der Waals surface area contributed by atoms with E-state index in [2.05, 4.69) is 5.32 Å². The van der Waals surface area contributed by atoms with Crippen LogP contribution in [-0.4, -0.2) is 35.6 Å². The predicted octanol–water partition coefficient (Wildman–Crippen LogP) is 6.52. The molecule has 2 rings (SSSR count). The van der Waals surface area contributed by atoms with E-state index in [0.29, 0.717) is 48.6 Å².